The third kappa shape index (κ3) is 3.46. The molecule has 7 nitrogen and oxygen atoms in total. The predicted octanol–water partition coefficient (Wildman–Crippen LogP) is 2.95. The second-order valence-electron chi connectivity index (χ2n) is 9.74. The van der Waals surface area contributed by atoms with Crippen molar-refractivity contribution in [2.45, 2.75) is 12.3 Å². The molecule has 2 aromatic rings. The zero-order valence-electron chi connectivity index (χ0n) is 18.1. The van der Waals surface area contributed by atoms with Crippen molar-refractivity contribution in [3.8, 4) is 11.1 Å². The average molecular weight is 447 g/mol. The number of nitrogens with one attached hydrogen (secondary N) is 1. The van der Waals surface area contributed by atoms with E-state index in [1.165, 1.54) is 22.3 Å². The first-order valence-corrected chi connectivity index (χ1v) is 11.6. The topological polar surface area (TPSA) is 95.9 Å². The van der Waals surface area contributed by atoms with Crippen molar-refractivity contribution in [1.82, 2.24) is 10.2 Å². The number of carbonyl (C=O) groups is 3. The van der Waals surface area contributed by atoms with Gasteiger partial charge in [0, 0.05) is 31.5 Å². The van der Waals surface area contributed by atoms with Gasteiger partial charge in [-0.1, -0.05) is 48.5 Å². The van der Waals surface area contributed by atoms with E-state index in [0.29, 0.717) is 19.6 Å². The quantitative estimate of drug-likeness (QED) is 0.711. The highest BCUT2D eigenvalue weighted by Gasteiger charge is 2.61. The Morgan fingerprint density at radius 3 is 2.18 bits per heavy atom. The van der Waals surface area contributed by atoms with E-state index in [1.807, 2.05) is 29.2 Å². The van der Waals surface area contributed by atoms with Crippen LogP contribution in [0, 0.1) is 29.6 Å². The van der Waals surface area contributed by atoms with E-state index >= 15 is 0 Å². The van der Waals surface area contributed by atoms with Gasteiger partial charge in [0.05, 0.1) is 5.92 Å². The molecule has 2 unspecified atom stereocenters. The molecule has 3 aliphatic carbocycles. The molecule has 1 aliphatic heterocycles. The number of benzene rings is 2. The number of hydrogen-bond donors (Lipinski definition) is 2. The highest BCUT2D eigenvalue weighted by molar-refractivity contribution is 5.83. The van der Waals surface area contributed by atoms with Crippen LogP contribution in [0.15, 0.2) is 48.5 Å². The van der Waals surface area contributed by atoms with Crippen LogP contribution in [0.25, 0.3) is 11.1 Å². The van der Waals surface area contributed by atoms with E-state index in [-0.39, 0.29) is 48.0 Å². The van der Waals surface area contributed by atoms with Crippen molar-refractivity contribution in [2.24, 2.45) is 29.6 Å². The molecular formula is C26H26N2O5. The minimum atomic E-state index is -0.742. The molecule has 6 rings (SSSR count). The number of alkyl carbamates (subject to hydrolysis) is 1. The maximum atomic E-state index is 12.7. The first kappa shape index (κ1) is 20.3. The monoisotopic (exact) mass is 446 g/mol. The second-order valence-corrected chi connectivity index (χ2v) is 9.74. The van der Waals surface area contributed by atoms with Crippen LogP contribution in [0.5, 0.6) is 0 Å². The largest absolute Gasteiger partial charge is 0.481 e. The van der Waals surface area contributed by atoms with Gasteiger partial charge in [-0.2, -0.15) is 0 Å². The third-order valence-corrected chi connectivity index (χ3v) is 7.88. The minimum Gasteiger partial charge on any atom is -0.481 e. The highest BCUT2D eigenvalue weighted by atomic mass is 16.5. The average Bonchev–Trinajstić information content (AvgIpc) is 3.67. The van der Waals surface area contributed by atoms with Crippen LogP contribution in [0.3, 0.4) is 0 Å². The summed E-state index contributed by atoms with van der Waals surface area (Å²) in [5, 5.41) is 11.9. The molecule has 33 heavy (non-hydrogen) atoms. The van der Waals surface area contributed by atoms with Crippen LogP contribution < -0.4 is 5.32 Å². The number of aliphatic carboxylic acids is 1. The lowest BCUT2D eigenvalue weighted by molar-refractivity contribution is -0.141. The van der Waals surface area contributed by atoms with Gasteiger partial charge < -0.3 is 20.1 Å². The van der Waals surface area contributed by atoms with Crippen molar-refractivity contribution < 1.29 is 24.2 Å². The standard InChI is InChI=1S/C26H26N2O5/c29-24(28-11-20-21(12-28)23(20)25(30)31)19-9-14(19)10-27-26(32)33-13-22-17-7-3-1-5-15(17)16-6-2-4-8-18(16)22/h1-8,14,19-23H,9-13H2,(H,27,32)(H,30,31)/t14-,19-,20?,21?,23?/m0/s1. The molecule has 4 atom stereocenters. The fourth-order valence-corrected chi connectivity index (χ4v) is 5.95. The van der Waals surface area contributed by atoms with Gasteiger partial charge in [0.15, 0.2) is 0 Å². The van der Waals surface area contributed by atoms with Crippen LogP contribution in [0.1, 0.15) is 23.5 Å². The molecule has 1 heterocycles. The van der Waals surface area contributed by atoms with E-state index in [0.717, 1.165) is 6.42 Å². The molecule has 2 saturated carbocycles. The molecule has 170 valence electrons. The summed E-state index contributed by atoms with van der Waals surface area (Å²) in [5.41, 5.74) is 4.73. The lowest BCUT2D eigenvalue weighted by Crippen LogP contribution is -2.35. The van der Waals surface area contributed by atoms with Gasteiger partial charge in [-0.15, -0.1) is 0 Å². The van der Waals surface area contributed by atoms with E-state index in [2.05, 4.69) is 29.6 Å². The van der Waals surface area contributed by atoms with Gasteiger partial charge in [0.2, 0.25) is 5.91 Å². The Labute approximate surface area is 191 Å². The van der Waals surface area contributed by atoms with E-state index in [1.54, 1.807) is 0 Å². The van der Waals surface area contributed by atoms with Gasteiger partial charge in [0.25, 0.3) is 0 Å². The van der Waals surface area contributed by atoms with Crippen LogP contribution >= 0.6 is 0 Å². The number of carbonyl (C=O) groups excluding carboxylic acids is 2. The summed E-state index contributed by atoms with van der Waals surface area (Å²) >= 11 is 0. The summed E-state index contributed by atoms with van der Waals surface area (Å²) in [4.78, 5) is 37.9. The molecule has 0 bridgehead atoms. The Bertz CT molecular complexity index is 1090. The van der Waals surface area contributed by atoms with Crippen LogP contribution in [0.4, 0.5) is 4.79 Å². The summed E-state index contributed by atoms with van der Waals surface area (Å²) < 4.78 is 5.57. The molecule has 0 spiro atoms. The molecule has 7 heteroatoms. The molecule has 3 fully saturated rings. The summed E-state index contributed by atoms with van der Waals surface area (Å²) in [6.07, 6.45) is 0.304. The summed E-state index contributed by atoms with van der Waals surface area (Å²) in [6.45, 7) is 1.81. The van der Waals surface area contributed by atoms with E-state index < -0.39 is 12.1 Å². The van der Waals surface area contributed by atoms with Crippen LogP contribution in [-0.4, -0.2) is 54.2 Å². The second kappa shape index (κ2) is 7.61. The molecule has 4 aliphatic rings. The first-order chi connectivity index (χ1) is 16.0. The maximum Gasteiger partial charge on any atom is 0.407 e. The number of ether oxygens (including phenoxy) is 1. The number of carboxylic acid groups (broad SMARTS) is 1. The number of nitrogens with zero attached hydrogens (tertiary/aromatic N) is 1. The molecule has 0 radical (unpaired) electrons. The zero-order chi connectivity index (χ0) is 22.7. The lowest BCUT2D eigenvalue weighted by Gasteiger charge is -2.19. The molecule has 2 aromatic carbocycles. The SMILES string of the molecule is O=C(NC[C@@H]1C[C@@H]1C(=O)N1CC2C(C1)C2C(=O)O)OCC1c2ccccc2-c2ccccc21. The summed E-state index contributed by atoms with van der Waals surface area (Å²) in [7, 11) is 0. The van der Waals surface area contributed by atoms with Crippen LogP contribution in [-0.2, 0) is 14.3 Å². The van der Waals surface area contributed by atoms with Crippen molar-refractivity contribution >= 4 is 18.0 Å². The minimum absolute atomic E-state index is 0.0228. The van der Waals surface area contributed by atoms with E-state index in [9.17, 15) is 14.4 Å². The van der Waals surface area contributed by atoms with Gasteiger partial charge in [-0.05, 0) is 46.4 Å². The first-order valence-electron chi connectivity index (χ1n) is 11.6. The van der Waals surface area contributed by atoms with Crippen molar-refractivity contribution in [3.63, 3.8) is 0 Å². The molecular weight excluding hydrogens is 420 g/mol. The number of piperidine rings is 1. The van der Waals surface area contributed by atoms with Crippen molar-refractivity contribution in [3.05, 3.63) is 59.7 Å². The Balaban J connectivity index is 0.976. The number of likely N-dealkylation sites (tertiary alicyclic amines) is 1. The fourth-order valence-electron chi connectivity index (χ4n) is 5.95. The Kier molecular flexibility index (Phi) is 4.67. The van der Waals surface area contributed by atoms with Gasteiger partial charge in [-0.25, -0.2) is 4.79 Å². The Morgan fingerprint density at radius 2 is 1.58 bits per heavy atom. The van der Waals surface area contributed by atoms with Gasteiger partial charge in [0.1, 0.15) is 6.61 Å². The fraction of sp³-hybridized carbons (Fsp3) is 0.423. The van der Waals surface area contributed by atoms with Gasteiger partial charge >= 0.3 is 12.1 Å². The molecule has 0 aromatic heterocycles. The zero-order valence-corrected chi connectivity index (χ0v) is 18.1. The smallest absolute Gasteiger partial charge is 0.407 e. The summed E-state index contributed by atoms with van der Waals surface area (Å²) in [6, 6.07) is 16.4. The maximum absolute atomic E-state index is 12.7. The highest BCUT2D eigenvalue weighted by Crippen LogP contribution is 2.53. The van der Waals surface area contributed by atoms with E-state index in [4.69, 9.17) is 9.84 Å². The number of carboxylic acids is 1. The Hall–Kier alpha value is -3.35. The number of amides is 2. The van der Waals surface area contributed by atoms with Gasteiger partial charge in [-0.3, -0.25) is 9.59 Å². The van der Waals surface area contributed by atoms with Crippen molar-refractivity contribution in [2.75, 3.05) is 26.2 Å². The Morgan fingerprint density at radius 1 is 0.970 bits per heavy atom. The van der Waals surface area contributed by atoms with Crippen molar-refractivity contribution in [1.29, 1.82) is 0 Å². The summed E-state index contributed by atoms with van der Waals surface area (Å²) in [5.74, 6) is -0.566. The number of hydrogen-bond acceptors (Lipinski definition) is 4. The predicted molar refractivity (Wildman–Crippen MR) is 119 cm³/mol. The molecule has 2 amide bonds. The molecule has 2 N–H and O–H groups in total. The third-order valence-electron chi connectivity index (χ3n) is 7.88. The van der Waals surface area contributed by atoms with Crippen LogP contribution in [0.2, 0.25) is 0 Å². The molecule has 1 saturated heterocycles. The lowest BCUT2D eigenvalue weighted by atomic mass is 9.98. The number of rotatable bonds is 6. The normalized spacial score (nSPS) is 28.5. The number of fused-ring (bicyclic) bond motifs is 4.